The van der Waals surface area contributed by atoms with Crippen molar-refractivity contribution in [2.24, 2.45) is 0 Å². The number of nitrogens with zero attached hydrogens (tertiary/aromatic N) is 1. The molecule has 132 valence electrons. The van der Waals surface area contributed by atoms with E-state index in [0.29, 0.717) is 28.9 Å². The van der Waals surface area contributed by atoms with Crippen LogP contribution in [-0.2, 0) is 16.4 Å². The Hall–Kier alpha value is -2.41. The van der Waals surface area contributed by atoms with Crippen LogP contribution >= 0.6 is 0 Å². The highest BCUT2D eigenvalue weighted by atomic mass is 32.2. The fourth-order valence-electron chi connectivity index (χ4n) is 3.21. The van der Waals surface area contributed by atoms with E-state index >= 15 is 0 Å². The molecule has 0 saturated carbocycles. The fourth-order valence-corrected chi connectivity index (χ4v) is 4.47. The zero-order valence-electron chi connectivity index (χ0n) is 14.2. The van der Waals surface area contributed by atoms with Crippen LogP contribution in [0.5, 0.6) is 0 Å². The van der Waals surface area contributed by atoms with E-state index in [9.17, 15) is 17.6 Å². The van der Waals surface area contributed by atoms with Crippen LogP contribution in [0, 0.1) is 12.7 Å². The maximum Gasteiger partial charge on any atom is 0.255 e. The van der Waals surface area contributed by atoms with Gasteiger partial charge in [-0.2, -0.15) is 0 Å². The van der Waals surface area contributed by atoms with Crippen LogP contribution in [0.2, 0.25) is 0 Å². The van der Waals surface area contributed by atoms with Gasteiger partial charge in [-0.3, -0.25) is 9.10 Å². The SMILES string of the molecule is Cc1cc(F)ccc1NC(=O)c1ccc2c(c1)C[C@H](C)N2S(C)(=O)=O. The molecule has 3 rings (SSSR count). The van der Waals surface area contributed by atoms with E-state index in [4.69, 9.17) is 0 Å². The highest BCUT2D eigenvalue weighted by Crippen LogP contribution is 2.34. The second-order valence-corrected chi connectivity index (χ2v) is 8.23. The molecule has 0 spiro atoms. The third-order valence-electron chi connectivity index (χ3n) is 4.29. The Labute approximate surface area is 146 Å². The first-order valence-corrected chi connectivity index (χ1v) is 9.71. The van der Waals surface area contributed by atoms with E-state index in [2.05, 4.69) is 5.32 Å². The molecule has 0 radical (unpaired) electrons. The van der Waals surface area contributed by atoms with Crippen LogP contribution < -0.4 is 9.62 Å². The Balaban J connectivity index is 1.88. The van der Waals surface area contributed by atoms with Crippen LogP contribution in [0.4, 0.5) is 15.8 Å². The highest BCUT2D eigenvalue weighted by Gasteiger charge is 2.32. The first-order valence-electron chi connectivity index (χ1n) is 7.86. The Morgan fingerprint density at radius 1 is 1.24 bits per heavy atom. The summed E-state index contributed by atoms with van der Waals surface area (Å²) in [7, 11) is -3.36. The van der Waals surface area contributed by atoms with Gasteiger partial charge in [0, 0.05) is 17.3 Å². The molecule has 1 atom stereocenters. The standard InChI is InChI=1S/C18H19FN2O3S/c1-11-8-15(19)5-6-16(11)20-18(22)13-4-7-17-14(10-13)9-12(2)21(17)25(3,23)24/h4-8,10,12H,9H2,1-3H3,(H,20,22)/t12-/m0/s1. The second kappa shape index (κ2) is 6.15. The number of benzene rings is 2. The predicted octanol–water partition coefficient (Wildman–Crippen LogP) is 3.10. The number of carbonyl (C=O) groups excluding carboxylic acids is 1. The lowest BCUT2D eigenvalue weighted by Crippen LogP contribution is -2.34. The van der Waals surface area contributed by atoms with Gasteiger partial charge in [-0.1, -0.05) is 0 Å². The quantitative estimate of drug-likeness (QED) is 0.912. The van der Waals surface area contributed by atoms with Crippen LogP contribution in [0.1, 0.15) is 28.4 Å². The van der Waals surface area contributed by atoms with Gasteiger partial charge in [0.05, 0.1) is 11.9 Å². The van der Waals surface area contributed by atoms with Crippen molar-refractivity contribution in [2.45, 2.75) is 26.3 Å². The number of aryl methyl sites for hydroxylation is 1. The van der Waals surface area contributed by atoms with Crippen molar-refractivity contribution in [2.75, 3.05) is 15.9 Å². The molecule has 0 aliphatic carbocycles. The lowest BCUT2D eigenvalue weighted by atomic mass is 10.1. The number of nitrogens with one attached hydrogen (secondary N) is 1. The summed E-state index contributed by atoms with van der Waals surface area (Å²) in [6.45, 7) is 3.55. The summed E-state index contributed by atoms with van der Waals surface area (Å²) in [5.74, 6) is -0.675. The Morgan fingerprint density at radius 3 is 2.60 bits per heavy atom. The van der Waals surface area contributed by atoms with E-state index < -0.39 is 10.0 Å². The Morgan fingerprint density at radius 2 is 1.96 bits per heavy atom. The minimum atomic E-state index is -3.36. The van der Waals surface area contributed by atoms with Gasteiger partial charge >= 0.3 is 0 Å². The summed E-state index contributed by atoms with van der Waals surface area (Å²) in [4.78, 5) is 12.5. The zero-order valence-corrected chi connectivity index (χ0v) is 15.0. The Kier molecular flexibility index (Phi) is 4.28. The lowest BCUT2D eigenvalue weighted by molar-refractivity contribution is 0.102. The van der Waals surface area contributed by atoms with Crippen molar-refractivity contribution in [1.82, 2.24) is 0 Å². The number of hydrogen-bond acceptors (Lipinski definition) is 3. The summed E-state index contributed by atoms with van der Waals surface area (Å²) >= 11 is 0. The summed E-state index contributed by atoms with van der Waals surface area (Å²) < 4.78 is 38.4. The maximum absolute atomic E-state index is 13.2. The maximum atomic E-state index is 13.2. The molecule has 2 aromatic rings. The van der Waals surface area contributed by atoms with Gasteiger partial charge in [-0.15, -0.1) is 0 Å². The molecule has 0 fully saturated rings. The van der Waals surface area contributed by atoms with Crippen molar-refractivity contribution in [1.29, 1.82) is 0 Å². The Bertz CT molecular complexity index is 957. The number of fused-ring (bicyclic) bond motifs is 1. The molecule has 25 heavy (non-hydrogen) atoms. The van der Waals surface area contributed by atoms with Gasteiger partial charge in [0.15, 0.2) is 0 Å². The minimum absolute atomic E-state index is 0.178. The van der Waals surface area contributed by atoms with Crippen molar-refractivity contribution >= 4 is 27.3 Å². The van der Waals surface area contributed by atoms with Crippen LogP contribution in [0.3, 0.4) is 0 Å². The third kappa shape index (κ3) is 3.37. The second-order valence-electron chi connectivity index (χ2n) is 6.37. The predicted molar refractivity (Wildman–Crippen MR) is 96.0 cm³/mol. The normalized spacial score (nSPS) is 16.6. The molecule has 2 aromatic carbocycles. The smallest absolute Gasteiger partial charge is 0.255 e. The molecule has 0 aromatic heterocycles. The van der Waals surface area contributed by atoms with Gasteiger partial charge in [-0.05, 0) is 67.8 Å². The number of anilines is 2. The molecule has 1 heterocycles. The summed E-state index contributed by atoms with van der Waals surface area (Å²) in [6, 6.07) is 8.95. The number of carbonyl (C=O) groups is 1. The summed E-state index contributed by atoms with van der Waals surface area (Å²) in [5, 5.41) is 2.76. The average molecular weight is 362 g/mol. The molecule has 1 aliphatic rings. The van der Waals surface area contributed by atoms with Crippen molar-refractivity contribution in [3.63, 3.8) is 0 Å². The molecule has 0 unspecified atom stereocenters. The molecule has 0 saturated heterocycles. The van der Waals surface area contributed by atoms with Crippen molar-refractivity contribution < 1.29 is 17.6 Å². The molecule has 1 amide bonds. The van der Waals surface area contributed by atoms with Crippen LogP contribution in [-0.4, -0.2) is 26.6 Å². The fraction of sp³-hybridized carbons (Fsp3) is 0.278. The van der Waals surface area contributed by atoms with E-state index in [1.807, 2.05) is 6.92 Å². The van der Waals surface area contributed by atoms with E-state index in [-0.39, 0.29) is 17.8 Å². The van der Waals surface area contributed by atoms with E-state index in [0.717, 1.165) is 5.56 Å². The third-order valence-corrected chi connectivity index (χ3v) is 5.56. The molecule has 5 nitrogen and oxygen atoms in total. The number of rotatable bonds is 3. The number of amides is 1. The minimum Gasteiger partial charge on any atom is -0.322 e. The molecule has 1 aliphatic heterocycles. The van der Waals surface area contributed by atoms with Crippen molar-refractivity contribution in [3.8, 4) is 0 Å². The van der Waals surface area contributed by atoms with Gasteiger partial charge in [0.2, 0.25) is 10.0 Å². The first-order chi connectivity index (χ1) is 11.7. The van der Waals surface area contributed by atoms with Gasteiger partial charge in [-0.25, -0.2) is 12.8 Å². The van der Waals surface area contributed by atoms with Crippen LogP contribution in [0.25, 0.3) is 0 Å². The molecule has 1 N–H and O–H groups in total. The zero-order chi connectivity index (χ0) is 18.4. The summed E-state index contributed by atoms with van der Waals surface area (Å²) in [5.41, 5.74) is 3.04. The largest absolute Gasteiger partial charge is 0.322 e. The average Bonchev–Trinajstić information content (AvgIpc) is 2.84. The number of sulfonamides is 1. The number of hydrogen-bond donors (Lipinski definition) is 1. The number of halogens is 1. The van der Waals surface area contributed by atoms with Gasteiger partial charge < -0.3 is 5.32 Å². The molecule has 0 bridgehead atoms. The lowest BCUT2D eigenvalue weighted by Gasteiger charge is -2.21. The van der Waals surface area contributed by atoms with Gasteiger partial charge in [0.1, 0.15) is 5.82 Å². The first kappa shape index (κ1) is 17.4. The van der Waals surface area contributed by atoms with Crippen molar-refractivity contribution in [3.05, 3.63) is 58.9 Å². The topological polar surface area (TPSA) is 66.5 Å². The monoisotopic (exact) mass is 362 g/mol. The molecular formula is C18H19FN2O3S. The van der Waals surface area contributed by atoms with Crippen LogP contribution in [0.15, 0.2) is 36.4 Å². The van der Waals surface area contributed by atoms with E-state index in [1.165, 1.54) is 28.8 Å². The molecular weight excluding hydrogens is 343 g/mol. The summed E-state index contributed by atoms with van der Waals surface area (Å²) in [6.07, 6.45) is 1.73. The van der Waals surface area contributed by atoms with Gasteiger partial charge in [0.25, 0.3) is 5.91 Å². The highest BCUT2D eigenvalue weighted by molar-refractivity contribution is 7.92. The van der Waals surface area contributed by atoms with E-state index in [1.54, 1.807) is 25.1 Å². The molecule has 7 heteroatoms.